The van der Waals surface area contributed by atoms with Crippen LogP contribution in [0.25, 0.3) is 0 Å². The van der Waals surface area contributed by atoms with Gasteiger partial charge in [-0.15, -0.1) is 0 Å². The van der Waals surface area contributed by atoms with Crippen molar-refractivity contribution in [2.75, 3.05) is 18.0 Å². The monoisotopic (exact) mass is 261 g/mol. The van der Waals surface area contributed by atoms with Gasteiger partial charge in [0.1, 0.15) is 0 Å². The van der Waals surface area contributed by atoms with E-state index in [1.54, 1.807) is 0 Å². The van der Waals surface area contributed by atoms with Gasteiger partial charge in [0, 0.05) is 25.2 Å². The van der Waals surface area contributed by atoms with Crippen molar-refractivity contribution in [3.63, 3.8) is 0 Å². The van der Waals surface area contributed by atoms with Gasteiger partial charge in [0.2, 0.25) is 0 Å². The summed E-state index contributed by atoms with van der Waals surface area (Å²) in [5.41, 5.74) is 4.09. The van der Waals surface area contributed by atoms with Crippen LogP contribution in [0.2, 0.25) is 0 Å². The first-order valence-corrected chi connectivity index (χ1v) is 7.29. The van der Waals surface area contributed by atoms with Crippen molar-refractivity contribution >= 4 is 11.7 Å². The maximum atomic E-state index is 10.6. The summed E-state index contributed by atoms with van der Waals surface area (Å²) >= 11 is 0. The highest BCUT2D eigenvalue weighted by Gasteiger charge is 2.16. The molecule has 0 spiro atoms. The SMILES string of the molecule is CCCN1CCCc2ccc(CCCC(=O)O)cc21. The Morgan fingerprint density at radius 1 is 1.42 bits per heavy atom. The number of nitrogens with zero attached hydrogens (tertiary/aromatic N) is 1. The number of aliphatic carboxylic acids is 1. The lowest BCUT2D eigenvalue weighted by atomic mass is 9.97. The number of fused-ring (bicyclic) bond motifs is 1. The molecule has 3 heteroatoms. The van der Waals surface area contributed by atoms with Gasteiger partial charge in [0.25, 0.3) is 0 Å². The Hall–Kier alpha value is -1.51. The first-order valence-electron chi connectivity index (χ1n) is 7.29. The topological polar surface area (TPSA) is 40.5 Å². The van der Waals surface area contributed by atoms with Crippen LogP contribution in [0.15, 0.2) is 18.2 Å². The number of rotatable bonds is 6. The molecule has 1 aromatic rings. The van der Waals surface area contributed by atoms with Crippen molar-refractivity contribution in [2.45, 2.75) is 45.4 Å². The van der Waals surface area contributed by atoms with Crippen molar-refractivity contribution < 1.29 is 9.90 Å². The van der Waals surface area contributed by atoms with Crippen LogP contribution in [0.4, 0.5) is 5.69 Å². The van der Waals surface area contributed by atoms with Crippen molar-refractivity contribution in [3.05, 3.63) is 29.3 Å². The molecule has 3 nitrogen and oxygen atoms in total. The Balaban J connectivity index is 2.07. The second kappa shape index (κ2) is 6.60. The van der Waals surface area contributed by atoms with Crippen LogP contribution in [0.5, 0.6) is 0 Å². The zero-order valence-electron chi connectivity index (χ0n) is 11.7. The first kappa shape index (κ1) is 13.9. The van der Waals surface area contributed by atoms with Gasteiger partial charge in [-0.3, -0.25) is 4.79 Å². The summed E-state index contributed by atoms with van der Waals surface area (Å²) in [6.07, 6.45) is 5.43. The molecular weight excluding hydrogens is 238 g/mol. The molecule has 0 fully saturated rings. The molecule has 0 saturated heterocycles. The fourth-order valence-corrected chi connectivity index (χ4v) is 2.80. The standard InChI is InChI=1S/C16H23NO2/c1-2-10-17-11-4-6-14-9-8-13(12-15(14)17)5-3-7-16(18)19/h8-9,12H,2-7,10-11H2,1H3,(H,18,19). The smallest absolute Gasteiger partial charge is 0.303 e. The molecule has 1 aromatic carbocycles. The van der Waals surface area contributed by atoms with Crippen molar-refractivity contribution in [2.24, 2.45) is 0 Å². The quantitative estimate of drug-likeness (QED) is 0.854. The summed E-state index contributed by atoms with van der Waals surface area (Å²) < 4.78 is 0. The summed E-state index contributed by atoms with van der Waals surface area (Å²) in [5.74, 6) is -0.703. The number of anilines is 1. The molecule has 0 saturated carbocycles. The van der Waals surface area contributed by atoms with Gasteiger partial charge >= 0.3 is 5.97 Å². The van der Waals surface area contributed by atoms with E-state index >= 15 is 0 Å². The molecule has 0 amide bonds. The Morgan fingerprint density at radius 3 is 3.00 bits per heavy atom. The lowest BCUT2D eigenvalue weighted by molar-refractivity contribution is -0.137. The van der Waals surface area contributed by atoms with Crippen LogP contribution in [0.3, 0.4) is 0 Å². The zero-order valence-corrected chi connectivity index (χ0v) is 11.7. The molecule has 0 unspecified atom stereocenters. The molecule has 0 bridgehead atoms. The summed E-state index contributed by atoms with van der Waals surface area (Å²) in [7, 11) is 0. The average molecular weight is 261 g/mol. The fourth-order valence-electron chi connectivity index (χ4n) is 2.80. The molecule has 104 valence electrons. The van der Waals surface area contributed by atoms with Gasteiger partial charge < -0.3 is 10.0 Å². The van der Waals surface area contributed by atoms with Gasteiger partial charge in [0.05, 0.1) is 0 Å². The van der Waals surface area contributed by atoms with E-state index in [9.17, 15) is 4.79 Å². The Morgan fingerprint density at radius 2 is 2.26 bits per heavy atom. The molecule has 19 heavy (non-hydrogen) atoms. The molecule has 0 radical (unpaired) electrons. The van der Waals surface area contributed by atoms with Crippen molar-refractivity contribution in [1.29, 1.82) is 0 Å². The van der Waals surface area contributed by atoms with Crippen molar-refractivity contribution in [1.82, 2.24) is 0 Å². The molecule has 1 heterocycles. The van der Waals surface area contributed by atoms with Crippen LogP contribution in [-0.2, 0) is 17.6 Å². The predicted octanol–water partition coefficient (Wildman–Crippen LogP) is 3.26. The minimum Gasteiger partial charge on any atom is -0.481 e. The molecular formula is C16H23NO2. The lowest BCUT2D eigenvalue weighted by Gasteiger charge is -2.31. The van der Waals surface area contributed by atoms with Crippen LogP contribution in [0.1, 0.15) is 43.7 Å². The summed E-state index contributed by atoms with van der Waals surface area (Å²) in [5, 5.41) is 8.69. The zero-order chi connectivity index (χ0) is 13.7. The molecule has 0 atom stereocenters. The van der Waals surface area contributed by atoms with Crippen molar-refractivity contribution in [3.8, 4) is 0 Å². The van der Waals surface area contributed by atoms with Gasteiger partial charge in [-0.2, -0.15) is 0 Å². The number of carboxylic acid groups (broad SMARTS) is 1. The molecule has 1 aliphatic rings. The first-order chi connectivity index (χ1) is 9.20. The van der Waals surface area contributed by atoms with Gasteiger partial charge in [-0.25, -0.2) is 0 Å². The minimum atomic E-state index is -0.703. The third-order valence-corrected chi connectivity index (χ3v) is 3.71. The number of benzene rings is 1. The maximum absolute atomic E-state index is 10.6. The Bertz CT molecular complexity index is 442. The van der Waals surface area contributed by atoms with Crippen LogP contribution in [0, 0.1) is 0 Å². The molecule has 1 aliphatic heterocycles. The molecule has 1 N–H and O–H groups in total. The third-order valence-electron chi connectivity index (χ3n) is 3.71. The van der Waals surface area contributed by atoms with Crippen LogP contribution < -0.4 is 4.90 Å². The summed E-state index contributed by atoms with van der Waals surface area (Å²) in [6.45, 7) is 4.48. The highest BCUT2D eigenvalue weighted by atomic mass is 16.4. The van der Waals surface area contributed by atoms with E-state index in [1.165, 1.54) is 36.1 Å². The largest absolute Gasteiger partial charge is 0.481 e. The second-order valence-corrected chi connectivity index (χ2v) is 5.30. The second-order valence-electron chi connectivity index (χ2n) is 5.30. The highest BCUT2D eigenvalue weighted by molar-refractivity contribution is 5.66. The lowest BCUT2D eigenvalue weighted by Crippen LogP contribution is -2.30. The summed E-state index contributed by atoms with van der Waals surface area (Å²) in [4.78, 5) is 13.0. The highest BCUT2D eigenvalue weighted by Crippen LogP contribution is 2.28. The predicted molar refractivity (Wildman–Crippen MR) is 77.8 cm³/mol. The van der Waals surface area contributed by atoms with E-state index in [-0.39, 0.29) is 6.42 Å². The number of hydrogen-bond donors (Lipinski definition) is 1. The molecule has 0 aromatic heterocycles. The van der Waals surface area contributed by atoms with Gasteiger partial charge in [-0.1, -0.05) is 19.1 Å². The van der Waals surface area contributed by atoms with Crippen LogP contribution in [-0.4, -0.2) is 24.2 Å². The number of carbonyl (C=O) groups is 1. The Kier molecular flexibility index (Phi) is 4.83. The van der Waals surface area contributed by atoms with E-state index in [0.29, 0.717) is 0 Å². The number of aryl methyl sites for hydroxylation is 2. The Labute approximate surface area is 115 Å². The molecule has 0 aliphatic carbocycles. The van der Waals surface area contributed by atoms with Gasteiger partial charge in [-0.05, 0) is 49.3 Å². The normalized spacial score (nSPS) is 14.3. The molecule has 2 rings (SSSR count). The van der Waals surface area contributed by atoms with Crippen LogP contribution >= 0.6 is 0 Å². The fraction of sp³-hybridized carbons (Fsp3) is 0.562. The average Bonchev–Trinajstić information content (AvgIpc) is 2.39. The van der Waals surface area contributed by atoms with E-state index < -0.39 is 5.97 Å². The van der Waals surface area contributed by atoms with E-state index in [0.717, 1.165) is 25.9 Å². The van der Waals surface area contributed by atoms with E-state index in [1.807, 2.05) is 0 Å². The maximum Gasteiger partial charge on any atom is 0.303 e. The summed E-state index contributed by atoms with van der Waals surface area (Å²) in [6, 6.07) is 6.66. The van der Waals surface area contributed by atoms with E-state index in [4.69, 9.17) is 5.11 Å². The van der Waals surface area contributed by atoms with Gasteiger partial charge in [0.15, 0.2) is 0 Å². The minimum absolute atomic E-state index is 0.260. The number of hydrogen-bond acceptors (Lipinski definition) is 2. The third kappa shape index (κ3) is 3.72. The van der Waals surface area contributed by atoms with E-state index in [2.05, 4.69) is 30.0 Å². The number of carboxylic acids is 1.